The lowest BCUT2D eigenvalue weighted by Gasteiger charge is -2.33. The number of benzene rings is 2. The van der Waals surface area contributed by atoms with E-state index in [9.17, 15) is 14.0 Å². The van der Waals surface area contributed by atoms with Crippen molar-refractivity contribution >= 4 is 34.5 Å². The molecule has 11 heteroatoms. The summed E-state index contributed by atoms with van der Waals surface area (Å²) in [5, 5.41) is 14.2. The number of aryl methyl sites for hydroxylation is 1. The highest BCUT2D eigenvalue weighted by molar-refractivity contribution is 6.03. The zero-order chi connectivity index (χ0) is 29.1. The predicted molar refractivity (Wildman–Crippen MR) is 156 cm³/mol. The number of aromatic nitrogens is 4. The van der Waals surface area contributed by atoms with E-state index in [0.717, 1.165) is 18.4 Å². The second-order valence-electron chi connectivity index (χ2n) is 10.1. The molecule has 1 saturated heterocycles. The summed E-state index contributed by atoms with van der Waals surface area (Å²) >= 11 is 0. The molecule has 3 aromatic heterocycles. The minimum atomic E-state index is -0.527. The van der Waals surface area contributed by atoms with E-state index in [1.807, 2.05) is 13.0 Å². The molecule has 10 nitrogen and oxygen atoms in total. The van der Waals surface area contributed by atoms with Crippen LogP contribution in [0, 0.1) is 12.7 Å². The molecule has 1 aliphatic heterocycles. The van der Waals surface area contributed by atoms with Crippen LogP contribution in [0.3, 0.4) is 0 Å². The van der Waals surface area contributed by atoms with Crippen LogP contribution >= 0.6 is 0 Å². The third-order valence-corrected chi connectivity index (χ3v) is 7.08. The third-order valence-electron chi connectivity index (χ3n) is 7.08. The highest BCUT2D eigenvalue weighted by Crippen LogP contribution is 2.34. The number of rotatable bonds is 7. The number of piperidine rings is 1. The summed E-state index contributed by atoms with van der Waals surface area (Å²) in [5.74, 6) is 0.941. The van der Waals surface area contributed by atoms with Gasteiger partial charge in [-0.1, -0.05) is 12.1 Å². The van der Waals surface area contributed by atoms with Crippen molar-refractivity contribution in [2.45, 2.75) is 25.8 Å². The van der Waals surface area contributed by atoms with Gasteiger partial charge in [-0.05, 0) is 73.9 Å². The van der Waals surface area contributed by atoms with Crippen LogP contribution in [-0.2, 0) is 0 Å². The van der Waals surface area contributed by atoms with Crippen molar-refractivity contribution in [3.8, 4) is 11.5 Å². The highest BCUT2D eigenvalue weighted by Gasteiger charge is 2.27. The molecule has 0 bridgehead atoms. The van der Waals surface area contributed by atoms with E-state index in [4.69, 9.17) is 4.74 Å². The fourth-order valence-corrected chi connectivity index (χ4v) is 4.98. The molecule has 3 N–H and O–H groups in total. The maximum Gasteiger partial charge on any atom is 0.256 e. The summed E-state index contributed by atoms with van der Waals surface area (Å²) in [4.78, 5) is 35.9. The third kappa shape index (κ3) is 5.75. The molecule has 1 aliphatic rings. The van der Waals surface area contributed by atoms with Gasteiger partial charge in [0.25, 0.3) is 11.8 Å². The Kier molecular flexibility index (Phi) is 7.46. The number of nitrogens with zero attached hydrogens (tertiary/aromatic N) is 4. The van der Waals surface area contributed by atoms with Gasteiger partial charge in [-0.25, -0.2) is 14.4 Å². The zero-order valence-corrected chi connectivity index (χ0v) is 22.8. The maximum absolute atomic E-state index is 14.2. The molecule has 4 heterocycles. The van der Waals surface area contributed by atoms with Crippen LogP contribution in [0.2, 0.25) is 0 Å². The largest absolute Gasteiger partial charge is 0.456 e. The fraction of sp³-hybridized carbons (Fsp3) is 0.194. The van der Waals surface area contributed by atoms with Crippen molar-refractivity contribution in [2.75, 3.05) is 23.7 Å². The number of amides is 2. The Labute approximate surface area is 240 Å². The van der Waals surface area contributed by atoms with E-state index in [-0.39, 0.29) is 23.4 Å². The van der Waals surface area contributed by atoms with E-state index in [1.165, 1.54) is 12.1 Å². The minimum absolute atomic E-state index is 0.0681. The van der Waals surface area contributed by atoms with Crippen LogP contribution in [0.1, 0.15) is 39.1 Å². The molecule has 6 rings (SSSR count). The van der Waals surface area contributed by atoms with E-state index >= 15 is 0 Å². The first-order valence-corrected chi connectivity index (χ1v) is 13.6. The Bertz CT molecular complexity index is 1760. The van der Waals surface area contributed by atoms with E-state index in [1.54, 1.807) is 65.8 Å². The first-order valence-electron chi connectivity index (χ1n) is 13.6. The molecule has 1 fully saturated rings. The van der Waals surface area contributed by atoms with Gasteiger partial charge in [-0.15, -0.1) is 0 Å². The van der Waals surface area contributed by atoms with Crippen LogP contribution in [0.15, 0.2) is 79.1 Å². The smallest absolute Gasteiger partial charge is 0.256 e. The molecular formula is C31H28FN7O3. The highest BCUT2D eigenvalue weighted by atomic mass is 19.1. The molecular weight excluding hydrogens is 537 g/mol. The van der Waals surface area contributed by atoms with Gasteiger partial charge in [0.05, 0.1) is 5.56 Å². The summed E-state index contributed by atoms with van der Waals surface area (Å²) in [7, 11) is 0. The van der Waals surface area contributed by atoms with E-state index < -0.39 is 5.82 Å². The van der Waals surface area contributed by atoms with Gasteiger partial charge in [0.2, 0.25) is 0 Å². The van der Waals surface area contributed by atoms with Crippen molar-refractivity contribution in [1.29, 1.82) is 0 Å². The summed E-state index contributed by atoms with van der Waals surface area (Å²) in [5.41, 5.74) is 2.06. The zero-order valence-electron chi connectivity index (χ0n) is 22.8. The SMILES string of the molecule is Cc1ccnc(NC(=O)c2ccc(Oc3ccnc4[nH]nc(NC5CCCN(C(=O)c6ccccc6F)C5)c34)cc2)c1. The van der Waals surface area contributed by atoms with Gasteiger partial charge < -0.3 is 20.3 Å². The number of pyridine rings is 2. The first-order chi connectivity index (χ1) is 20.4. The van der Waals surface area contributed by atoms with Gasteiger partial charge in [0, 0.05) is 43.2 Å². The van der Waals surface area contributed by atoms with E-state index in [2.05, 4.69) is 30.8 Å². The fourth-order valence-electron chi connectivity index (χ4n) is 4.98. The van der Waals surface area contributed by atoms with E-state index in [0.29, 0.717) is 52.8 Å². The summed E-state index contributed by atoms with van der Waals surface area (Å²) in [6, 6.07) is 18.1. The first kappa shape index (κ1) is 26.9. The van der Waals surface area contributed by atoms with Gasteiger partial charge in [0.15, 0.2) is 11.5 Å². The number of carbonyl (C=O) groups excluding carboxylic acids is 2. The predicted octanol–water partition coefficient (Wildman–Crippen LogP) is 5.56. The second-order valence-corrected chi connectivity index (χ2v) is 10.1. The summed E-state index contributed by atoms with van der Waals surface area (Å²) in [6.07, 6.45) is 4.84. The molecule has 1 unspecified atom stereocenters. The number of carbonyl (C=O) groups is 2. The molecule has 0 spiro atoms. The number of hydrogen-bond donors (Lipinski definition) is 3. The Morgan fingerprint density at radius 1 is 1.05 bits per heavy atom. The molecule has 2 amide bonds. The number of halogens is 1. The molecule has 2 aromatic carbocycles. The van der Waals surface area contributed by atoms with Crippen molar-refractivity contribution < 1.29 is 18.7 Å². The van der Waals surface area contributed by atoms with Crippen LogP contribution in [0.5, 0.6) is 11.5 Å². The minimum Gasteiger partial charge on any atom is -0.456 e. The summed E-state index contributed by atoms with van der Waals surface area (Å²) < 4.78 is 20.4. The number of likely N-dealkylation sites (tertiary alicyclic amines) is 1. The molecule has 5 aromatic rings. The quantitative estimate of drug-likeness (QED) is 0.236. The molecule has 212 valence electrons. The van der Waals surface area contributed by atoms with Crippen LogP contribution in [-0.4, -0.2) is 56.0 Å². The topological polar surface area (TPSA) is 125 Å². The van der Waals surface area contributed by atoms with Gasteiger partial charge in [0.1, 0.15) is 28.5 Å². The Morgan fingerprint density at radius 3 is 2.67 bits per heavy atom. The standard InChI is InChI=1S/C31H28FN7O3/c1-19-12-14-33-26(17-19)36-30(40)20-8-10-22(11-9-20)42-25-13-15-34-28-27(25)29(38-37-28)35-21-5-4-16-39(18-21)31(41)23-6-2-3-7-24(23)32/h2-3,6-15,17,21H,4-5,16,18H2,1H3,(H,33,36,40)(H2,34,35,37,38). The van der Waals surface area contributed by atoms with Gasteiger partial charge in [-0.2, -0.15) is 5.10 Å². The van der Waals surface area contributed by atoms with Crippen LogP contribution < -0.4 is 15.4 Å². The Balaban J connectivity index is 1.16. The maximum atomic E-state index is 14.2. The number of anilines is 2. The van der Waals surface area contributed by atoms with Crippen molar-refractivity contribution in [2.24, 2.45) is 0 Å². The van der Waals surface area contributed by atoms with Crippen molar-refractivity contribution in [3.63, 3.8) is 0 Å². The average molecular weight is 566 g/mol. The normalized spacial score (nSPS) is 14.9. The Morgan fingerprint density at radius 2 is 1.86 bits per heavy atom. The molecule has 1 atom stereocenters. The molecule has 0 aliphatic carbocycles. The molecule has 0 radical (unpaired) electrons. The lowest BCUT2D eigenvalue weighted by Crippen LogP contribution is -2.45. The average Bonchev–Trinajstić information content (AvgIpc) is 3.41. The number of ether oxygens (including phenoxy) is 1. The van der Waals surface area contributed by atoms with Crippen LogP contribution in [0.25, 0.3) is 11.0 Å². The molecule has 42 heavy (non-hydrogen) atoms. The second kappa shape index (κ2) is 11.7. The number of nitrogens with one attached hydrogen (secondary N) is 3. The number of hydrogen-bond acceptors (Lipinski definition) is 7. The van der Waals surface area contributed by atoms with Gasteiger partial charge in [-0.3, -0.25) is 14.7 Å². The summed E-state index contributed by atoms with van der Waals surface area (Å²) in [6.45, 7) is 2.89. The number of H-pyrrole nitrogens is 1. The number of fused-ring (bicyclic) bond motifs is 1. The monoisotopic (exact) mass is 565 g/mol. The number of aromatic amines is 1. The van der Waals surface area contributed by atoms with Gasteiger partial charge >= 0.3 is 0 Å². The van der Waals surface area contributed by atoms with Crippen molar-refractivity contribution in [1.82, 2.24) is 25.1 Å². The Hall–Kier alpha value is -5.32. The lowest BCUT2D eigenvalue weighted by atomic mass is 10.0. The molecule has 0 saturated carbocycles. The lowest BCUT2D eigenvalue weighted by molar-refractivity contribution is 0.0710. The van der Waals surface area contributed by atoms with Crippen LogP contribution in [0.4, 0.5) is 16.0 Å². The van der Waals surface area contributed by atoms with Crippen molar-refractivity contribution in [3.05, 3.63) is 102 Å².